The highest BCUT2D eigenvalue weighted by atomic mass is 16.9. The molecule has 4 bridgehead atoms. The lowest BCUT2D eigenvalue weighted by Crippen LogP contribution is -2.72. The maximum absolute atomic E-state index is 12.2. The van der Waals surface area contributed by atoms with Gasteiger partial charge < -0.3 is 47.4 Å². The minimum absolute atomic E-state index is 0.184. The van der Waals surface area contributed by atoms with Crippen LogP contribution in [-0.2, 0) is 78.6 Å². The maximum Gasteiger partial charge on any atom is 0.303 e. The summed E-state index contributed by atoms with van der Waals surface area (Å²) in [7, 11) is 0. The van der Waals surface area contributed by atoms with Gasteiger partial charge in [-0.15, -0.1) is 0 Å². The van der Waals surface area contributed by atoms with Gasteiger partial charge >= 0.3 is 5.97 Å². The highest BCUT2D eigenvalue weighted by Gasteiger charge is 2.61. The van der Waals surface area contributed by atoms with Gasteiger partial charge in [-0.05, 0) is 22.3 Å². The Labute approximate surface area is 315 Å². The predicted molar refractivity (Wildman–Crippen MR) is 193 cm³/mol. The fraction of sp³-hybridized carbons (Fsp3) is 0.419. The van der Waals surface area contributed by atoms with Gasteiger partial charge in [-0.3, -0.25) is 4.79 Å². The molecule has 4 heterocycles. The van der Waals surface area contributed by atoms with Crippen molar-refractivity contribution in [3.63, 3.8) is 0 Å². The maximum atomic E-state index is 12.2. The Balaban J connectivity index is 1.12. The molecule has 54 heavy (non-hydrogen) atoms. The third kappa shape index (κ3) is 8.92. The van der Waals surface area contributed by atoms with Gasteiger partial charge in [0.15, 0.2) is 12.4 Å². The van der Waals surface area contributed by atoms with Crippen LogP contribution in [0.2, 0.25) is 0 Å². The summed E-state index contributed by atoms with van der Waals surface area (Å²) in [6, 6.07) is 39.9. The van der Waals surface area contributed by atoms with Crippen molar-refractivity contribution in [1.29, 1.82) is 0 Å². The highest BCUT2D eigenvalue weighted by Crippen LogP contribution is 2.44. The molecular formula is C43H46O11. The molecule has 1 aliphatic carbocycles. The number of esters is 1. The third-order valence-electron chi connectivity index (χ3n) is 10.1. The first-order valence-corrected chi connectivity index (χ1v) is 18.6. The molecule has 11 heteroatoms. The van der Waals surface area contributed by atoms with Crippen LogP contribution in [0.4, 0.5) is 0 Å². The van der Waals surface area contributed by atoms with Gasteiger partial charge in [-0.25, -0.2) is 0 Å². The van der Waals surface area contributed by atoms with Crippen LogP contribution < -0.4 is 0 Å². The molecule has 11 atom stereocenters. The van der Waals surface area contributed by atoms with Crippen LogP contribution in [-0.4, -0.2) is 80.3 Å². The van der Waals surface area contributed by atoms with Gasteiger partial charge in [0.05, 0.1) is 39.1 Å². The lowest BCUT2D eigenvalue weighted by Gasteiger charge is -2.56. The summed E-state index contributed by atoms with van der Waals surface area (Å²) >= 11 is 0. The summed E-state index contributed by atoms with van der Waals surface area (Å²) in [5.74, 6) is -0.430. The summed E-state index contributed by atoms with van der Waals surface area (Å²) in [6.07, 6.45) is -5.97. The molecule has 0 aromatic heterocycles. The van der Waals surface area contributed by atoms with Crippen molar-refractivity contribution in [2.45, 2.75) is 107 Å². The number of ether oxygens (including phenoxy) is 10. The first-order valence-electron chi connectivity index (χ1n) is 18.6. The largest absolute Gasteiger partial charge is 0.457 e. The summed E-state index contributed by atoms with van der Waals surface area (Å²) in [4.78, 5) is 12.2. The van der Waals surface area contributed by atoms with E-state index in [0.717, 1.165) is 22.3 Å². The molecule has 5 fully saturated rings. The van der Waals surface area contributed by atoms with Crippen LogP contribution in [0.15, 0.2) is 121 Å². The quantitative estimate of drug-likeness (QED) is 0.129. The Morgan fingerprint density at radius 2 is 1.04 bits per heavy atom. The first kappa shape index (κ1) is 36.9. The molecule has 1 saturated carbocycles. The molecule has 0 radical (unpaired) electrons. The van der Waals surface area contributed by atoms with E-state index in [1.807, 2.05) is 121 Å². The average molecular weight is 739 g/mol. The minimum atomic E-state index is -0.981. The molecule has 5 aliphatic rings. The fourth-order valence-electron chi connectivity index (χ4n) is 7.55. The summed E-state index contributed by atoms with van der Waals surface area (Å²) in [5.41, 5.74) is 4.01. The third-order valence-corrected chi connectivity index (χ3v) is 10.1. The molecule has 0 spiro atoms. The Morgan fingerprint density at radius 3 is 1.57 bits per heavy atom. The second-order valence-corrected chi connectivity index (χ2v) is 14.0. The lowest BCUT2D eigenvalue weighted by molar-refractivity contribution is -0.475. The number of hydrogen-bond acceptors (Lipinski definition) is 11. The topological polar surface area (TPSA) is 109 Å². The summed E-state index contributed by atoms with van der Waals surface area (Å²) in [5, 5.41) is 0. The molecular weight excluding hydrogens is 692 g/mol. The van der Waals surface area contributed by atoms with Crippen LogP contribution in [0.1, 0.15) is 35.6 Å². The van der Waals surface area contributed by atoms with Gasteiger partial charge in [0.1, 0.15) is 42.7 Å². The van der Waals surface area contributed by atoms with Crippen molar-refractivity contribution < 1.29 is 52.2 Å². The van der Waals surface area contributed by atoms with Crippen LogP contribution in [0.25, 0.3) is 0 Å². The smallest absolute Gasteiger partial charge is 0.303 e. The van der Waals surface area contributed by atoms with Crippen molar-refractivity contribution in [2.75, 3.05) is 6.61 Å². The minimum Gasteiger partial charge on any atom is -0.457 e. The molecule has 4 saturated heterocycles. The normalized spacial score (nSPS) is 31.3. The number of carbonyl (C=O) groups is 1. The van der Waals surface area contributed by atoms with Crippen molar-refractivity contribution in [3.8, 4) is 0 Å². The Kier molecular flexibility index (Phi) is 12.1. The van der Waals surface area contributed by atoms with Crippen LogP contribution >= 0.6 is 0 Å². The molecule has 4 aliphatic heterocycles. The van der Waals surface area contributed by atoms with E-state index in [2.05, 4.69) is 0 Å². The molecule has 0 N–H and O–H groups in total. The monoisotopic (exact) mass is 738 g/mol. The summed E-state index contributed by atoms with van der Waals surface area (Å²) in [6.45, 7) is 1.94. The number of rotatable bonds is 16. The SMILES string of the molecule is CC(=O)O[C@@H]1[C@H]2OC3O[C@@H](C[C@H]1O3)[C@@H]2O[C@H]1O[C@H](COCc2ccccc2)[C@@H](OCc2ccccc2)[C@H](OCc2ccccc2)[C@H]1OCc1ccccc1. The van der Waals surface area contributed by atoms with E-state index >= 15 is 0 Å². The van der Waals surface area contributed by atoms with E-state index in [9.17, 15) is 4.79 Å². The zero-order valence-electron chi connectivity index (χ0n) is 30.1. The van der Waals surface area contributed by atoms with Gasteiger partial charge in [-0.1, -0.05) is 121 Å². The summed E-state index contributed by atoms with van der Waals surface area (Å²) < 4.78 is 64.4. The van der Waals surface area contributed by atoms with Crippen molar-refractivity contribution in [3.05, 3.63) is 144 Å². The zero-order valence-corrected chi connectivity index (χ0v) is 30.1. The number of carbonyl (C=O) groups excluding carboxylic acids is 1. The highest BCUT2D eigenvalue weighted by molar-refractivity contribution is 5.66. The van der Waals surface area contributed by atoms with Crippen molar-refractivity contribution in [1.82, 2.24) is 0 Å². The molecule has 4 aromatic rings. The molecule has 4 aromatic carbocycles. The van der Waals surface area contributed by atoms with E-state index in [1.165, 1.54) is 6.92 Å². The Morgan fingerprint density at radius 1 is 0.556 bits per heavy atom. The second-order valence-electron chi connectivity index (χ2n) is 14.0. The molecule has 284 valence electrons. The molecule has 1 unspecified atom stereocenters. The van der Waals surface area contributed by atoms with E-state index in [-0.39, 0.29) is 25.4 Å². The van der Waals surface area contributed by atoms with E-state index < -0.39 is 61.5 Å². The standard InChI is InChI=1S/C43H46O11/c1-28(44)49-37-33-22-34-38(40(37)54-43(51-33)52-34)53-42-41(48-26-32-20-12-5-13-21-32)39(47-25-31-18-10-4-11-19-31)36(46-24-30-16-8-3-9-17-30)35(50-42)27-45-23-29-14-6-2-7-15-29/h2-21,33-43H,22-27H2,1H3/t33-,34+,35-,36-,37+,38+,39+,40-,41-,42-,43?/m1/s1. The Hall–Kier alpha value is -4.01. The van der Waals surface area contributed by atoms with E-state index in [4.69, 9.17) is 47.4 Å². The van der Waals surface area contributed by atoms with Gasteiger partial charge in [0.2, 0.25) is 0 Å². The zero-order chi connectivity index (χ0) is 36.7. The second kappa shape index (κ2) is 17.6. The van der Waals surface area contributed by atoms with Gasteiger partial charge in [0.25, 0.3) is 6.48 Å². The first-order chi connectivity index (χ1) is 26.6. The van der Waals surface area contributed by atoms with Crippen molar-refractivity contribution >= 4 is 5.97 Å². The van der Waals surface area contributed by atoms with Crippen LogP contribution in [0.5, 0.6) is 0 Å². The van der Waals surface area contributed by atoms with Gasteiger partial charge in [0, 0.05) is 13.3 Å². The predicted octanol–water partition coefficient (Wildman–Crippen LogP) is 5.87. The number of hydrogen-bond donors (Lipinski definition) is 0. The molecule has 9 rings (SSSR count). The van der Waals surface area contributed by atoms with Crippen LogP contribution in [0.3, 0.4) is 0 Å². The fourth-order valence-corrected chi connectivity index (χ4v) is 7.55. The number of benzene rings is 4. The van der Waals surface area contributed by atoms with Crippen molar-refractivity contribution in [2.24, 2.45) is 0 Å². The average Bonchev–Trinajstić information content (AvgIpc) is 3.20. The van der Waals surface area contributed by atoms with E-state index in [0.29, 0.717) is 26.2 Å². The van der Waals surface area contributed by atoms with Crippen LogP contribution in [0, 0.1) is 0 Å². The molecule has 11 nitrogen and oxygen atoms in total. The lowest BCUT2D eigenvalue weighted by atomic mass is 9.84. The Bertz CT molecular complexity index is 1750. The van der Waals surface area contributed by atoms with Gasteiger partial charge in [-0.2, -0.15) is 0 Å². The molecule has 0 amide bonds. The van der Waals surface area contributed by atoms with E-state index in [1.54, 1.807) is 0 Å².